The molecule has 142 valence electrons. The van der Waals surface area contributed by atoms with Crippen molar-refractivity contribution in [1.82, 2.24) is 4.90 Å². The van der Waals surface area contributed by atoms with E-state index in [-0.39, 0.29) is 10.9 Å². The van der Waals surface area contributed by atoms with Crippen molar-refractivity contribution in [3.63, 3.8) is 0 Å². The standard InChI is InChI=1S/C21H23ClFN3O/c1-15-13-17(26-11-9-25(2)10-12-26)5-7-20(15)24-21(27)8-4-16-3-6-19(23)18(22)14-16/h3-8,13-14H,9-12H2,1-2H3,(H,24,27)/b8-4+. The van der Waals surface area contributed by atoms with Crippen LogP contribution in [-0.4, -0.2) is 44.0 Å². The van der Waals surface area contributed by atoms with Crippen molar-refractivity contribution in [3.05, 3.63) is 64.4 Å². The number of carbonyl (C=O) groups is 1. The number of likely N-dealkylation sites (N-methyl/N-ethyl adjacent to an activating group) is 1. The number of nitrogens with zero attached hydrogens (tertiary/aromatic N) is 2. The fourth-order valence-corrected chi connectivity index (χ4v) is 3.20. The number of carbonyl (C=O) groups excluding carboxylic acids is 1. The van der Waals surface area contributed by atoms with Crippen molar-refractivity contribution in [2.45, 2.75) is 6.92 Å². The minimum Gasteiger partial charge on any atom is -0.369 e. The summed E-state index contributed by atoms with van der Waals surface area (Å²) in [6.07, 6.45) is 3.02. The van der Waals surface area contributed by atoms with E-state index >= 15 is 0 Å². The summed E-state index contributed by atoms with van der Waals surface area (Å²) in [6, 6.07) is 10.4. The van der Waals surface area contributed by atoms with Crippen LogP contribution in [0.3, 0.4) is 0 Å². The Morgan fingerprint density at radius 3 is 2.56 bits per heavy atom. The molecule has 1 saturated heterocycles. The van der Waals surface area contributed by atoms with Crippen LogP contribution < -0.4 is 10.2 Å². The van der Waals surface area contributed by atoms with Crippen LogP contribution in [0.2, 0.25) is 5.02 Å². The predicted molar refractivity (Wildman–Crippen MR) is 110 cm³/mol. The molecule has 0 radical (unpaired) electrons. The number of amides is 1. The molecule has 27 heavy (non-hydrogen) atoms. The monoisotopic (exact) mass is 387 g/mol. The number of anilines is 2. The molecule has 0 spiro atoms. The molecule has 1 fully saturated rings. The number of piperazine rings is 1. The minimum absolute atomic E-state index is 0.0351. The Hall–Kier alpha value is -2.37. The Morgan fingerprint density at radius 1 is 1.15 bits per heavy atom. The summed E-state index contributed by atoms with van der Waals surface area (Å²) >= 11 is 5.75. The van der Waals surface area contributed by atoms with Gasteiger partial charge in [0.1, 0.15) is 5.82 Å². The van der Waals surface area contributed by atoms with Gasteiger partial charge in [-0.2, -0.15) is 0 Å². The van der Waals surface area contributed by atoms with Crippen molar-refractivity contribution in [3.8, 4) is 0 Å². The van der Waals surface area contributed by atoms with Crippen LogP contribution in [0, 0.1) is 12.7 Å². The fourth-order valence-electron chi connectivity index (χ4n) is 3.01. The predicted octanol–water partition coefficient (Wildman–Crippen LogP) is 4.19. The number of hydrogen-bond acceptors (Lipinski definition) is 3. The molecule has 3 rings (SSSR count). The van der Waals surface area contributed by atoms with Crippen molar-refractivity contribution >= 4 is 35.0 Å². The van der Waals surface area contributed by atoms with Crippen LogP contribution in [0.15, 0.2) is 42.5 Å². The highest BCUT2D eigenvalue weighted by Crippen LogP contribution is 2.24. The normalized spacial score (nSPS) is 15.3. The van der Waals surface area contributed by atoms with Crippen LogP contribution in [-0.2, 0) is 4.79 Å². The van der Waals surface area contributed by atoms with Gasteiger partial charge in [0.2, 0.25) is 5.91 Å². The van der Waals surface area contributed by atoms with Gasteiger partial charge < -0.3 is 15.1 Å². The van der Waals surface area contributed by atoms with Gasteiger partial charge >= 0.3 is 0 Å². The summed E-state index contributed by atoms with van der Waals surface area (Å²) in [4.78, 5) is 16.9. The molecule has 0 aliphatic carbocycles. The van der Waals surface area contributed by atoms with Crippen LogP contribution in [0.25, 0.3) is 6.08 Å². The maximum Gasteiger partial charge on any atom is 0.248 e. The van der Waals surface area contributed by atoms with E-state index in [0.717, 1.165) is 37.4 Å². The average molecular weight is 388 g/mol. The third-order valence-corrected chi connectivity index (χ3v) is 5.00. The van der Waals surface area contributed by atoms with E-state index in [1.54, 1.807) is 12.1 Å². The summed E-state index contributed by atoms with van der Waals surface area (Å²) in [5.74, 6) is -0.722. The van der Waals surface area contributed by atoms with Gasteiger partial charge in [-0.15, -0.1) is 0 Å². The second-order valence-electron chi connectivity index (χ2n) is 6.79. The van der Waals surface area contributed by atoms with Crippen molar-refractivity contribution in [2.24, 2.45) is 0 Å². The average Bonchev–Trinajstić information content (AvgIpc) is 2.65. The van der Waals surface area contributed by atoms with E-state index in [0.29, 0.717) is 5.56 Å². The lowest BCUT2D eigenvalue weighted by Gasteiger charge is -2.34. The van der Waals surface area contributed by atoms with Crippen LogP contribution in [0.5, 0.6) is 0 Å². The van der Waals surface area contributed by atoms with E-state index in [1.165, 1.54) is 23.9 Å². The molecule has 0 atom stereocenters. The zero-order valence-corrected chi connectivity index (χ0v) is 16.3. The first-order valence-electron chi connectivity index (χ1n) is 8.90. The van der Waals surface area contributed by atoms with Crippen LogP contribution in [0.4, 0.5) is 15.8 Å². The lowest BCUT2D eigenvalue weighted by Crippen LogP contribution is -2.44. The Kier molecular flexibility index (Phi) is 6.14. The number of rotatable bonds is 4. The summed E-state index contributed by atoms with van der Waals surface area (Å²) < 4.78 is 13.2. The molecular formula is C21H23ClFN3O. The SMILES string of the molecule is Cc1cc(N2CCN(C)CC2)ccc1NC(=O)/C=C/c1ccc(F)c(Cl)c1. The van der Waals surface area contributed by atoms with Gasteiger partial charge in [-0.05, 0) is 61.5 Å². The van der Waals surface area contributed by atoms with E-state index in [9.17, 15) is 9.18 Å². The molecule has 0 saturated carbocycles. The molecule has 1 aliphatic heterocycles. The maximum atomic E-state index is 13.2. The van der Waals surface area contributed by atoms with Gasteiger partial charge in [-0.3, -0.25) is 4.79 Å². The third kappa shape index (κ3) is 5.08. The van der Waals surface area contributed by atoms with Gasteiger partial charge in [0.05, 0.1) is 5.02 Å². The number of nitrogens with one attached hydrogen (secondary N) is 1. The first-order chi connectivity index (χ1) is 12.9. The zero-order valence-electron chi connectivity index (χ0n) is 15.5. The quantitative estimate of drug-likeness (QED) is 0.799. The maximum absolute atomic E-state index is 13.2. The Balaban J connectivity index is 1.63. The number of benzene rings is 2. The molecule has 2 aromatic rings. The van der Waals surface area contributed by atoms with E-state index < -0.39 is 5.82 Å². The molecule has 6 heteroatoms. The number of hydrogen-bond donors (Lipinski definition) is 1. The fraction of sp³-hybridized carbons (Fsp3) is 0.286. The highest BCUT2D eigenvalue weighted by Gasteiger charge is 2.15. The molecule has 0 bridgehead atoms. The second kappa shape index (κ2) is 8.55. The highest BCUT2D eigenvalue weighted by atomic mass is 35.5. The molecule has 1 amide bonds. The second-order valence-corrected chi connectivity index (χ2v) is 7.19. The molecule has 2 aromatic carbocycles. The summed E-state index contributed by atoms with van der Waals surface area (Å²) in [6.45, 7) is 6.10. The molecule has 0 aromatic heterocycles. The van der Waals surface area contributed by atoms with E-state index in [2.05, 4.69) is 28.2 Å². The first-order valence-corrected chi connectivity index (χ1v) is 9.28. The van der Waals surface area contributed by atoms with Gasteiger partial charge in [-0.1, -0.05) is 17.7 Å². The van der Waals surface area contributed by atoms with Crippen molar-refractivity contribution in [1.29, 1.82) is 0 Å². The molecule has 1 N–H and O–H groups in total. The lowest BCUT2D eigenvalue weighted by atomic mass is 10.1. The minimum atomic E-state index is -0.477. The number of halogens is 2. The van der Waals surface area contributed by atoms with E-state index in [4.69, 9.17) is 11.6 Å². The molecule has 1 heterocycles. The molecule has 1 aliphatic rings. The first kappa shape index (κ1) is 19.4. The van der Waals surface area contributed by atoms with Crippen molar-refractivity contribution < 1.29 is 9.18 Å². The zero-order chi connectivity index (χ0) is 19.4. The van der Waals surface area contributed by atoms with E-state index in [1.807, 2.05) is 19.1 Å². The van der Waals surface area contributed by atoms with Crippen LogP contribution in [0.1, 0.15) is 11.1 Å². The number of aryl methyl sites for hydroxylation is 1. The Bertz CT molecular complexity index is 861. The molecular weight excluding hydrogens is 365 g/mol. The van der Waals surface area contributed by atoms with Gasteiger partial charge in [-0.25, -0.2) is 4.39 Å². The summed E-state index contributed by atoms with van der Waals surface area (Å²) in [5, 5.41) is 2.92. The molecule has 4 nitrogen and oxygen atoms in total. The smallest absolute Gasteiger partial charge is 0.248 e. The van der Waals surface area contributed by atoms with Crippen molar-refractivity contribution in [2.75, 3.05) is 43.4 Å². The largest absolute Gasteiger partial charge is 0.369 e. The van der Waals surface area contributed by atoms with Gasteiger partial charge in [0, 0.05) is 43.6 Å². The Labute approximate surface area is 164 Å². The topological polar surface area (TPSA) is 35.6 Å². The third-order valence-electron chi connectivity index (χ3n) is 4.71. The van der Waals surface area contributed by atoms with Gasteiger partial charge in [0.15, 0.2) is 0 Å². The Morgan fingerprint density at radius 2 is 1.89 bits per heavy atom. The molecule has 0 unspecified atom stereocenters. The van der Waals surface area contributed by atoms with Gasteiger partial charge in [0.25, 0.3) is 0 Å². The van der Waals surface area contributed by atoms with Crippen LogP contribution >= 0.6 is 11.6 Å². The summed E-state index contributed by atoms with van der Waals surface area (Å²) in [5.41, 5.74) is 3.63. The summed E-state index contributed by atoms with van der Waals surface area (Å²) in [7, 11) is 2.13. The lowest BCUT2D eigenvalue weighted by molar-refractivity contribution is -0.111. The highest BCUT2D eigenvalue weighted by molar-refractivity contribution is 6.30.